The molecule has 1 unspecified atom stereocenters. The Hall–Kier alpha value is -0.710. The molecule has 18 heavy (non-hydrogen) atoms. The monoisotopic (exact) mass is 284 g/mol. The zero-order valence-electron chi connectivity index (χ0n) is 10.1. The van der Waals surface area contributed by atoms with Crippen LogP contribution in [0.1, 0.15) is 12.0 Å². The van der Waals surface area contributed by atoms with Gasteiger partial charge < -0.3 is 10.6 Å². The van der Waals surface area contributed by atoms with Crippen LogP contribution >= 0.6 is 23.4 Å². The van der Waals surface area contributed by atoms with Gasteiger partial charge in [0.1, 0.15) is 0 Å². The van der Waals surface area contributed by atoms with Crippen molar-refractivity contribution in [3.63, 3.8) is 0 Å². The number of hydrogen-bond acceptors (Lipinski definition) is 3. The molecular formula is C13H17ClN2OS. The fourth-order valence-corrected chi connectivity index (χ4v) is 3.03. The molecule has 0 saturated carbocycles. The third-order valence-electron chi connectivity index (χ3n) is 2.86. The van der Waals surface area contributed by atoms with Crippen molar-refractivity contribution in [1.82, 2.24) is 10.6 Å². The van der Waals surface area contributed by atoms with E-state index < -0.39 is 0 Å². The van der Waals surface area contributed by atoms with Crippen LogP contribution in [0, 0.1) is 0 Å². The predicted molar refractivity (Wildman–Crippen MR) is 77.0 cm³/mol. The lowest BCUT2D eigenvalue weighted by Crippen LogP contribution is -2.41. The van der Waals surface area contributed by atoms with Gasteiger partial charge >= 0.3 is 0 Å². The lowest BCUT2D eigenvalue weighted by Gasteiger charge is -2.22. The number of halogens is 1. The smallest absolute Gasteiger partial charge is 0.221 e. The van der Waals surface area contributed by atoms with Crippen molar-refractivity contribution in [2.24, 2.45) is 0 Å². The minimum atomic E-state index is 0.0786. The Bertz CT molecular complexity index is 408. The number of nitrogens with one attached hydrogen (secondary N) is 2. The molecule has 3 nitrogen and oxygen atoms in total. The summed E-state index contributed by atoms with van der Waals surface area (Å²) in [6.45, 7) is 1.49. The highest BCUT2D eigenvalue weighted by Gasteiger charge is 2.16. The fraction of sp³-hybridized carbons (Fsp3) is 0.462. The summed E-state index contributed by atoms with van der Waals surface area (Å²) in [5.74, 6) is 2.23. The van der Waals surface area contributed by atoms with E-state index in [-0.39, 0.29) is 5.91 Å². The minimum absolute atomic E-state index is 0.0786. The molecule has 1 heterocycles. The van der Waals surface area contributed by atoms with E-state index in [0.717, 1.165) is 23.6 Å². The lowest BCUT2D eigenvalue weighted by atomic mass is 10.2. The summed E-state index contributed by atoms with van der Waals surface area (Å²) in [5, 5.41) is 6.96. The summed E-state index contributed by atoms with van der Waals surface area (Å²) in [5.41, 5.74) is 0.957. The number of rotatable bonds is 4. The maximum absolute atomic E-state index is 11.8. The second kappa shape index (κ2) is 7.02. The van der Waals surface area contributed by atoms with Gasteiger partial charge in [0.2, 0.25) is 5.91 Å². The van der Waals surface area contributed by atoms with E-state index >= 15 is 0 Å². The van der Waals surface area contributed by atoms with Gasteiger partial charge in [-0.05, 0) is 11.6 Å². The van der Waals surface area contributed by atoms with E-state index in [1.165, 1.54) is 0 Å². The molecule has 0 radical (unpaired) electrons. The SMILES string of the molecule is O=C(CC1CSCCN1)NCc1ccccc1Cl. The van der Waals surface area contributed by atoms with Gasteiger partial charge in [0.25, 0.3) is 0 Å². The average molecular weight is 285 g/mol. The normalized spacial score (nSPS) is 19.5. The highest BCUT2D eigenvalue weighted by Crippen LogP contribution is 2.14. The first kappa shape index (κ1) is 13.7. The summed E-state index contributed by atoms with van der Waals surface area (Å²) in [6.07, 6.45) is 0.539. The van der Waals surface area contributed by atoms with Crippen LogP contribution in [0.3, 0.4) is 0 Å². The molecule has 2 rings (SSSR count). The highest BCUT2D eigenvalue weighted by molar-refractivity contribution is 7.99. The van der Waals surface area contributed by atoms with Crippen LogP contribution in [-0.2, 0) is 11.3 Å². The third-order valence-corrected chi connectivity index (χ3v) is 4.36. The van der Waals surface area contributed by atoms with Crippen molar-refractivity contribution >= 4 is 29.3 Å². The molecule has 0 aromatic heterocycles. The van der Waals surface area contributed by atoms with E-state index in [2.05, 4.69) is 10.6 Å². The Kier molecular flexibility index (Phi) is 5.35. The fourth-order valence-electron chi connectivity index (χ4n) is 1.88. The first-order valence-electron chi connectivity index (χ1n) is 6.07. The molecular weight excluding hydrogens is 268 g/mol. The molecule has 98 valence electrons. The van der Waals surface area contributed by atoms with Gasteiger partial charge in [-0.3, -0.25) is 4.79 Å². The number of benzene rings is 1. The topological polar surface area (TPSA) is 41.1 Å². The molecule has 1 aliphatic heterocycles. The summed E-state index contributed by atoms with van der Waals surface area (Å²) < 4.78 is 0. The Morgan fingerprint density at radius 3 is 3.06 bits per heavy atom. The number of thioether (sulfide) groups is 1. The Morgan fingerprint density at radius 1 is 1.50 bits per heavy atom. The molecule has 1 atom stereocenters. The Labute approximate surface area is 117 Å². The molecule has 0 bridgehead atoms. The number of hydrogen-bond donors (Lipinski definition) is 2. The summed E-state index contributed by atoms with van der Waals surface area (Å²) in [7, 11) is 0. The van der Waals surface area contributed by atoms with Gasteiger partial charge in [0.15, 0.2) is 0 Å². The first-order valence-corrected chi connectivity index (χ1v) is 7.60. The predicted octanol–water partition coefficient (Wildman–Crippen LogP) is 2.05. The van der Waals surface area contributed by atoms with Gasteiger partial charge in [-0.1, -0.05) is 29.8 Å². The second-order valence-corrected chi connectivity index (χ2v) is 5.86. The first-order chi connectivity index (χ1) is 8.75. The minimum Gasteiger partial charge on any atom is -0.352 e. The van der Waals surface area contributed by atoms with Gasteiger partial charge in [-0.25, -0.2) is 0 Å². The van der Waals surface area contributed by atoms with Gasteiger partial charge in [0, 0.05) is 42.1 Å². The average Bonchev–Trinajstić information content (AvgIpc) is 2.39. The van der Waals surface area contributed by atoms with E-state index in [1.54, 1.807) is 0 Å². The largest absolute Gasteiger partial charge is 0.352 e. The summed E-state index contributed by atoms with van der Waals surface area (Å²) in [6, 6.07) is 7.87. The van der Waals surface area contributed by atoms with Gasteiger partial charge in [0.05, 0.1) is 0 Å². The molecule has 1 aliphatic rings. The highest BCUT2D eigenvalue weighted by atomic mass is 35.5. The maximum Gasteiger partial charge on any atom is 0.221 e. The van der Waals surface area contributed by atoms with Crippen LogP contribution in [0.4, 0.5) is 0 Å². The molecule has 0 spiro atoms. The molecule has 5 heteroatoms. The van der Waals surface area contributed by atoms with Crippen LogP contribution in [0.15, 0.2) is 24.3 Å². The van der Waals surface area contributed by atoms with E-state index in [1.807, 2.05) is 36.0 Å². The lowest BCUT2D eigenvalue weighted by molar-refractivity contribution is -0.121. The molecule has 1 fully saturated rings. The van der Waals surface area contributed by atoms with E-state index in [0.29, 0.717) is 24.0 Å². The molecule has 0 aliphatic carbocycles. The molecule has 1 aromatic rings. The molecule has 1 saturated heterocycles. The van der Waals surface area contributed by atoms with Crippen molar-refractivity contribution in [2.75, 3.05) is 18.1 Å². The summed E-state index contributed by atoms with van der Waals surface area (Å²) >= 11 is 7.93. The van der Waals surface area contributed by atoms with Crippen molar-refractivity contribution < 1.29 is 4.79 Å². The van der Waals surface area contributed by atoms with Gasteiger partial charge in [-0.15, -0.1) is 0 Å². The van der Waals surface area contributed by atoms with Crippen LogP contribution in [-0.4, -0.2) is 30.0 Å². The van der Waals surface area contributed by atoms with E-state index in [9.17, 15) is 4.79 Å². The zero-order valence-corrected chi connectivity index (χ0v) is 11.7. The van der Waals surface area contributed by atoms with Crippen LogP contribution < -0.4 is 10.6 Å². The number of carbonyl (C=O) groups is 1. The number of amides is 1. The second-order valence-electron chi connectivity index (χ2n) is 4.30. The van der Waals surface area contributed by atoms with Crippen LogP contribution in [0.5, 0.6) is 0 Å². The van der Waals surface area contributed by atoms with E-state index in [4.69, 9.17) is 11.6 Å². The van der Waals surface area contributed by atoms with Crippen LogP contribution in [0.25, 0.3) is 0 Å². The van der Waals surface area contributed by atoms with Crippen molar-refractivity contribution in [1.29, 1.82) is 0 Å². The van der Waals surface area contributed by atoms with Gasteiger partial charge in [-0.2, -0.15) is 11.8 Å². The Balaban J connectivity index is 1.76. The molecule has 1 aromatic carbocycles. The standard InChI is InChI=1S/C13H17ClN2OS/c14-12-4-2-1-3-10(12)8-16-13(17)7-11-9-18-6-5-15-11/h1-4,11,15H,5-9H2,(H,16,17). The number of carbonyl (C=O) groups excluding carboxylic acids is 1. The molecule has 1 amide bonds. The maximum atomic E-state index is 11.8. The van der Waals surface area contributed by atoms with Crippen molar-refractivity contribution in [3.8, 4) is 0 Å². The quantitative estimate of drug-likeness (QED) is 0.889. The zero-order chi connectivity index (χ0) is 12.8. The van der Waals surface area contributed by atoms with Crippen molar-refractivity contribution in [3.05, 3.63) is 34.9 Å². The van der Waals surface area contributed by atoms with Crippen molar-refractivity contribution in [2.45, 2.75) is 19.0 Å². The third kappa shape index (κ3) is 4.19. The molecule has 2 N–H and O–H groups in total. The van der Waals surface area contributed by atoms with Crippen LogP contribution in [0.2, 0.25) is 5.02 Å². The summed E-state index contributed by atoms with van der Waals surface area (Å²) in [4.78, 5) is 11.8. The Morgan fingerprint density at radius 2 is 2.33 bits per heavy atom.